The lowest BCUT2D eigenvalue weighted by atomic mass is 9.91. The molecule has 0 spiro atoms. The van der Waals surface area contributed by atoms with Gasteiger partial charge in [0.2, 0.25) is 0 Å². The number of aliphatic hydroxyl groups is 1. The number of nitrogens with one attached hydrogen (secondary N) is 1. The first kappa shape index (κ1) is 31.3. The van der Waals surface area contributed by atoms with E-state index in [2.05, 4.69) is 5.32 Å². The van der Waals surface area contributed by atoms with Gasteiger partial charge in [0.25, 0.3) is 11.5 Å². The van der Waals surface area contributed by atoms with E-state index in [1.807, 2.05) is 6.07 Å². The average molecular weight is 606 g/mol. The van der Waals surface area contributed by atoms with Crippen LogP contribution in [-0.4, -0.2) is 44.2 Å². The Morgan fingerprint density at radius 1 is 0.955 bits per heavy atom. The van der Waals surface area contributed by atoms with Crippen molar-refractivity contribution in [2.75, 3.05) is 0 Å². The molecule has 1 aliphatic heterocycles. The number of rotatable bonds is 7. The number of carbonyl (C=O) groups excluding carboxylic acids is 2. The summed E-state index contributed by atoms with van der Waals surface area (Å²) in [5.41, 5.74) is 0.714. The maximum Gasteiger partial charge on any atom is 0.325 e. The molecule has 1 aromatic heterocycles. The van der Waals surface area contributed by atoms with E-state index >= 15 is 0 Å². The predicted octanol–water partition coefficient (Wildman–Crippen LogP) is 5.85. The Bertz CT molecular complexity index is 1660. The van der Waals surface area contributed by atoms with Crippen molar-refractivity contribution in [3.63, 3.8) is 0 Å². The van der Waals surface area contributed by atoms with Crippen molar-refractivity contribution in [3.8, 4) is 28.4 Å². The van der Waals surface area contributed by atoms with Gasteiger partial charge in [0.15, 0.2) is 0 Å². The van der Waals surface area contributed by atoms with E-state index in [4.69, 9.17) is 9.47 Å². The first-order valence-electron chi connectivity index (χ1n) is 14.9. The number of pyridine rings is 1. The number of carbonyl (C=O) groups is 2. The first-order valence-corrected chi connectivity index (χ1v) is 14.9. The van der Waals surface area contributed by atoms with Crippen molar-refractivity contribution in [2.45, 2.75) is 90.5 Å². The molecule has 3 amide bonds. The van der Waals surface area contributed by atoms with E-state index in [9.17, 15) is 23.9 Å². The van der Waals surface area contributed by atoms with Crippen molar-refractivity contribution >= 4 is 11.9 Å². The smallest absolute Gasteiger partial charge is 0.325 e. The third-order valence-electron chi connectivity index (χ3n) is 8.50. The lowest BCUT2D eigenvalue weighted by molar-refractivity contribution is -0.132. The largest absolute Gasteiger partial charge is 0.490 e. The van der Waals surface area contributed by atoms with Crippen LogP contribution >= 0.6 is 0 Å². The maximum atomic E-state index is 14.0. The van der Waals surface area contributed by atoms with Crippen LogP contribution in [0, 0.1) is 19.7 Å². The van der Waals surface area contributed by atoms with Gasteiger partial charge in [-0.3, -0.25) is 14.5 Å². The van der Waals surface area contributed by atoms with Crippen molar-refractivity contribution in [1.29, 1.82) is 0 Å². The van der Waals surface area contributed by atoms with Gasteiger partial charge in [0.05, 0.1) is 11.7 Å². The monoisotopic (exact) mass is 605 g/mol. The normalized spacial score (nSPS) is 20.1. The fourth-order valence-electron chi connectivity index (χ4n) is 6.00. The van der Waals surface area contributed by atoms with E-state index < -0.39 is 11.1 Å². The van der Waals surface area contributed by atoms with Gasteiger partial charge in [-0.15, -0.1) is 0 Å². The molecule has 2 aromatic carbocycles. The highest BCUT2D eigenvalue weighted by Crippen LogP contribution is 2.42. The van der Waals surface area contributed by atoms with Crippen LogP contribution in [0.25, 0.3) is 11.1 Å². The minimum Gasteiger partial charge on any atom is -0.490 e. The summed E-state index contributed by atoms with van der Waals surface area (Å²) in [7, 11) is 1.65. The van der Waals surface area contributed by atoms with Gasteiger partial charge < -0.3 is 24.5 Å². The van der Waals surface area contributed by atoms with Crippen LogP contribution in [0.5, 0.6) is 17.2 Å². The van der Waals surface area contributed by atoms with Gasteiger partial charge in [0, 0.05) is 36.5 Å². The number of aromatic nitrogens is 1. The Kier molecular flexibility index (Phi) is 8.09. The minimum absolute atomic E-state index is 0.224. The molecule has 0 radical (unpaired) electrons. The second-order valence-electron chi connectivity index (χ2n) is 13.0. The second kappa shape index (κ2) is 11.4. The molecule has 2 aliphatic rings. The van der Waals surface area contributed by atoms with Crippen LogP contribution in [0.2, 0.25) is 0 Å². The number of hydrogen-bond acceptors (Lipinski definition) is 6. The van der Waals surface area contributed by atoms with Crippen LogP contribution in [0.3, 0.4) is 0 Å². The molecule has 3 aromatic rings. The molecule has 2 heterocycles. The zero-order chi connectivity index (χ0) is 32.1. The molecule has 0 bridgehead atoms. The second-order valence-corrected chi connectivity index (χ2v) is 13.0. The standard InChI is InChI=1S/C34H40FN3O6/c1-19-14-22(35)15-20(2)30(19)44-27-13-8-21(34(5,6)42)16-25(27)26-18-37(7)29(39)17-28(26)43-24-11-9-23(10-12-24)38-31(40)33(3,4)36-32(38)41/h8,13-18,23-24,42H,9-12H2,1-7H3,(H,36,41). The van der Waals surface area contributed by atoms with E-state index in [1.165, 1.54) is 27.7 Å². The van der Waals surface area contributed by atoms with Crippen LogP contribution in [0.4, 0.5) is 9.18 Å². The highest BCUT2D eigenvalue weighted by molar-refractivity contribution is 6.06. The van der Waals surface area contributed by atoms with E-state index in [1.54, 1.807) is 66.9 Å². The maximum absolute atomic E-state index is 14.0. The van der Waals surface area contributed by atoms with Gasteiger partial charge >= 0.3 is 6.03 Å². The summed E-state index contributed by atoms with van der Waals surface area (Å²) in [6, 6.07) is 9.00. The minimum atomic E-state index is -1.16. The van der Waals surface area contributed by atoms with Crippen LogP contribution in [0.1, 0.15) is 70.1 Å². The van der Waals surface area contributed by atoms with Gasteiger partial charge in [0.1, 0.15) is 28.6 Å². The Morgan fingerprint density at radius 3 is 2.16 bits per heavy atom. The molecule has 0 unspecified atom stereocenters. The number of aryl methyl sites for hydroxylation is 3. The number of urea groups is 1. The molecule has 2 fully saturated rings. The molecular formula is C34H40FN3O6. The van der Waals surface area contributed by atoms with E-state index in [0.29, 0.717) is 70.7 Å². The lowest BCUT2D eigenvalue weighted by Crippen LogP contribution is -2.45. The Labute approximate surface area is 256 Å². The van der Waals surface area contributed by atoms with Gasteiger partial charge in [-0.05, 0) is 108 Å². The zero-order valence-corrected chi connectivity index (χ0v) is 26.3. The Balaban J connectivity index is 1.49. The van der Waals surface area contributed by atoms with Gasteiger partial charge in [-0.2, -0.15) is 0 Å². The van der Waals surface area contributed by atoms with Crippen molar-refractivity contribution < 1.29 is 28.6 Å². The fourth-order valence-corrected chi connectivity index (χ4v) is 6.00. The molecule has 44 heavy (non-hydrogen) atoms. The van der Waals surface area contributed by atoms with Crippen LogP contribution < -0.4 is 20.3 Å². The van der Waals surface area contributed by atoms with E-state index in [-0.39, 0.29) is 35.5 Å². The number of imide groups is 1. The molecule has 1 saturated heterocycles. The van der Waals surface area contributed by atoms with Crippen LogP contribution in [0.15, 0.2) is 47.4 Å². The van der Waals surface area contributed by atoms with Crippen molar-refractivity contribution in [3.05, 3.63) is 75.5 Å². The highest BCUT2D eigenvalue weighted by Gasteiger charge is 2.47. The predicted molar refractivity (Wildman–Crippen MR) is 164 cm³/mol. The number of hydrogen-bond donors (Lipinski definition) is 2. The van der Waals surface area contributed by atoms with Crippen LogP contribution in [-0.2, 0) is 17.4 Å². The van der Waals surface area contributed by atoms with E-state index in [0.717, 1.165) is 0 Å². The topological polar surface area (TPSA) is 110 Å². The molecule has 1 saturated carbocycles. The number of amides is 3. The molecule has 1 aliphatic carbocycles. The molecule has 2 N–H and O–H groups in total. The lowest BCUT2D eigenvalue weighted by Gasteiger charge is -2.33. The molecular weight excluding hydrogens is 565 g/mol. The van der Waals surface area contributed by atoms with Gasteiger partial charge in [-0.1, -0.05) is 6.07 Å². The third kappa shape index (κ3) is 6.08. The summed E-state index contributed by atoms with van der Waals surface area (Å²) in [4.78, 5) is 39.5. The molecule has 234 valence electrons. The SMILES string of the molecule is Cc1cc(F)cc(C)c1Oc1ccc(C(C)(C)O)cc1-c1cn(C)c(=O)cc1OC1CCC(N2C(=O)NC(C)(C)C2=O)CC1. The molecule has 10 heteroatoms. The summed E-state index contributed by atoms with van der Waals surface area (Å²) >= 11 is 0. The first-order chi connectivity index (χ1) is 20.5. The quantitative estimate of drug-likeness (QED) is 0.327. The molecule has 9 nitrogen and oxygen atoms in total. The summed E-state index contributed by atoms with van der Waals surface area (Å²) in [5, 5.41) is 13.6. The molecule has 0 atom stereocenters. The number of benzene rings is 2. The summed E-state index contributed by atoms with van der Waals surface area (Å²) in [5.74, 6) is 0.735. The zero-order valence-electron chi connectivity index (χ0n) is 26.3. The Hall–Kier alpha value is -4.18. The highest BCUT2D eigenvalue weighted by atomic mass is 19.1. The molecule has 5 rings (SSSR count). The fraction of sp³-hybridized carbons (Fsp3) is 0.441. The summed E-state index contributed by atoms with van der Waals surface area (Å²) in [6.07, 6.45) is 3.74. The van der Waals surface area contributed by atoms with Crippen molar-refractivity contribution in [2.24, 2.45) is 7.05 Å². The summed E-state index contributed by atoms with van der Waals surface area (Å²) < 4.78 is 28.4. The van der Waals surface area contributed by atoms with Crippen molar-refractivity contribution in [1.82, 2.24) is 14.8 Å². The third-order valence-corrected chi connectivity index (χ3v) is 8.50. The average Bonchev–Trinajstić information content (AvgIpc) is 3.13. The van der Waals surface area contributed by atoms with Gasteiger partial charge in [-0.25, -0.2) is 9.18 Å². The number of ether oxygens (including phenoxy) is 2. The number of nitrogens with zero attached hydrogens (tertiary/aromatic N) is 2. The summed E-state index contributed by atoms with van der Waals surface area (Å²) in [6.45, 7) is 10.3. The Morgan fingerprint density at radius 2 is 1.59 bits per heavy atom. The number of halogens is 1.